The molecule has 5 nitrogen and oxygen atoms in total. The predicted octanol–water partition coefficient (Wildman–Crippen LogP) is 2.21. The van der Waals surface area contributed by atoms with E-state index in [0.29, 0.717) is 43.3 Å². The van der Waals surface area contributed by atoms with Crippen LogP contribution in [0.25, 0.3) is 0 Å². The van der Waals surface area contributed by atoms with Crippen molar-refractivity contribution >= 4 is 23.4 Å². The third-order valence-corrected chi connectivity index (χ3v) is 4.05. The number of carboxylic acid groups (broad SMARTS) is 1. The SMILES string of the molecule is CCC1(C(=O)O)CCN(c2nccnc2Cl)CC1. The van der Waals surface area contributed by atoms with Crippen LogP contribution in [0.3, 0.4) is 0 Å². The molecule has 1 aliphatic rings. The molecule has 0 saturated carbocycles. The summed E-state index contributed by atoms with van der Waals surface area (Å²) in [4.78, 5) is 21.5. The number of halogens is 1. The van der Waals surface area contributed by atoms with Crippen molar-refractivity contribution in [3.05, 3.63) is 17.5 Å². The van der Waals surface area contributed by atoms with Crippen molar-refractivity contribution in [1.82, 2.24) is 9.97 Å². The van der Waals surface area contributed by atoms with Crippen LogP contribution in [0.5, 0.6) is 0 Å². The molecule has 98 valence electrons. The van der Waals surface area contributed by atoms with Gasteiger partial charge in [0.05, 0.1) is 5.41 Å². The van der Waals surface area contributed by atoms with Crippen molar-refractivity contribution in [3.63, 3.8) is 0 Å². The second-order valence-corrected chi connectivity index (χ2v) is 4.95. The van der Waals surface area contributed by atoms with Crippen molar-refractivity contribution in [2.75, 3.05) is 18.0 Å². The zero-order chi connectivity index (χ0) is 13.2. The van der Waals surface area contributed by atoms with E-state index >= 15 is 0 Å². The van der Waals surface area contributed by atoms with Gasteiger partial charge in [-0.25, -0.2) is 9.97 Å². The van der Waals surface area contributed by atoms with Crippen LogP contribution >= 0.6 is 11.6 Å². The lowest BCUT2D eigenvalue weighted by molar-refractivity contribution is -0.150. The highest BCUT2D eigenvalue weighted by atomic mass is 35.5. The van der Waals surface area contributed by atoms with Crippen molar-refractivity contribution in [1.29, 1.82) is 0 Å². The minimum atomic E-state index is -0.699. The molecule has 0 atom stereocenters. The van der Waals surface area contributed by atoms with E-state index in [0.717, 1.165) is 0 Å². The summed E-state index contributed by atoms with van der Waals surface area (Å²) in [7, 11) is 0. The molecule has 2 rings (SSSR count). The zero-order valence-electron chi connectivity index (χ0n) is 10.3. The average Bonchev–Trinajstić information content (AvgIpc) is 2.39. The molecule has 0 bridgehead atoms. The van der Waals surface area contributed by atoms with Crippen LogP contribution in [0.2, 0.25) is 5.15 Å². The largest absolute Gasteiger partial charge is 0.481 e. The highest BCUT2D eigenvalue weighted by molar-refractivity contribution is 6.31. The Kier molecular flexibility index (Phi) is 3.71. The third-order valence-electron chi connectivity index (χ3n) is 3.79. The van der Waals surface area contributed by atoms with E-state index in [-0.39, 0.29) is 0 Å². The second kappa shape index (κ2) is 5.10. The van der Waals surface area contributed by atoms with E-state index in [1.165, 1.54) is 0 Å². The lowest BCUT2D eigenvalue weighted by Crippen LogP contribution is -2.44. The molecule has 18 heavy (non-hydrogen) atoms. The summed E-state index contributed by atoms with van der Waals surface area (Å²) in [6.45, 7) is 3.23. The lowest BCUT2D eigenvalue weighted by Gasteiger charge is -2.38. The zero-order valence-corrected chi connectivity index (χ0v) is 11.0. The minimum Gasteiger partial charge on any atom is -0.481 e. The molecule has 0 aliphatic carbocycles. The molecule has 1 saturated heterocycles. The maximum Gasteiger partial charge on any atom is 0.309 e. The van der Waals surface area contributed by atoms with Gasteiger partial charge in [-0.15, -0.1) is 0 Å². The van der Waals surface area contributed by atoms with Gasteiger partial charge in [0, 0.05) is 25.5 Å². The number of piperidine rings is 1. The summed E-state index contributed by atoms with van der Waals surface area (Å²) >= 11 is 5.99. The molecule has 0 unspecified atom stereocenters. The second-order valence-electron chi connectivity index (χ2n) is 4.60. The van der Waals surface area contributed by atoms with Gasteiger partial charge < -0.3 is 10.0 Å². The van der Waals surface area contributed by atoms with Crippen LogP contribution in [0, 0.1) is 5.41 Å². The van der Waals surface area contributed by atoms with Crippen molar-refractivity contribution < 1.29 is 9.90 Å². The van der Waals surface area contributed by atoms with E-state index < -0.39 is 11.4 Å². The number of hydrogen-bond acceptors (Lipinski definition) is 4. The summed E-state index contributed by atoms with van der Waals surface area (Å²) in [5.41, 5.74) is -0.592. The maximum absolute atomic E-state index is 11.3. The van der Waals surface area contributed by atoms with Gasteiger partial charge in [-0.2, -0.15) is 0 Å². The number of nitrogens with zero attached hydrogens (tertiary/aromatic N) is 3. The van der Waals surface area contributed by atoms with E-state index in [1.54, 1.807) is 12.4 Å². The number of aliphatic carboxylic acids is 1. The Balaban J connectivity index is 2.11. The molecule has 2 heterocycles. The molecule has 6 heteroatoms. The van der Waals surface area contributed by atoms with Gasteiger partial charge in [-0.1, -0.05) is 18.5 Å². The Morgan fingerprint density at radius 3 is 2.56 bits per heavy atom. The molecule has 0 aromatic carbocycles. The molecule has 1 aromatic rings. The lowest BCUT2D eigenvalue weighted by atomic mass is 9.76. The monoisotopic (exact) mass is 269 g/mol. The highest BCUT2D eigenvalue weighted by Gasteiger charge is 2.40. The number of aromatic nitrogens is 2. The molecule has 1 aromatic heterocycles. The molecule has 1 N–H and O–H groups in total. The molecule has 0 radical (unpaired) electrons. The normalized spacial score (nSPS) is 18.7. The Hall–Kier alpha value is -1.36. The number of anilines is 1. The first-order valence-electron chi connectivity index (χ1n) is 6.04. The first-order valence-corrected chi connectivity index (χ1v) is 6.42. The van der Waals surface area contributed by atoms with Gasteiger partial charge in [0.25, 0.3) is 0 Å². The minimum absolute atomic E-state index is 0.372. The van der Waals surface area contributed by atoms with Crippen LogP contribution in [0.1, 0.15) is 26.2 Å². The fourth-order valence-corrected chi connectivity index (χ4v) is 2.62. The highest BCUT2D eigenvalue weighted by Crippen LogP contribution is 2.37. The fraction of sp³-hybridized carbons (Fsp3) is 0.583. The summed E-state index contributed by atoms with van der Waals surface area (Å²) in [6, 6.07) is 0. The molecular formula is C12H16ClN3O2. The summed E-state index contributed by atoms with van der Waals surface area (Å²) in [5, 5.41) is 9.70. The van der Waals surface area contributed by atoms with Crippen molar-refractivity contribution in [3.8, 4) is 0 Å². The summed E-state index contributed by atoms with van der Waals surface area (Å²) in [5.74, 6) is -0.0517. The topological polar surface area (TPSA) is 66.3 Å². The quantitative estimate of drug-likeness (QED) is 0.911. The maximum atomic E-state index is 11.3. The number of hydrogen-bond donors (Lipinski definition) is 1. The standard InChI is InChI=1S/C12H16ClN3O2/c1-2-12(11(17)18)3-7-16(8-4-12)10-9(13)14-5-6-15-10/h5-6H,2-4,7-8H2,1H3,(H,17,18). The summed E-state index contributed by atoms with van der Waals surface area (Å²) < 4.78 is 0. The molecule has 0 amide bonds. The van der Waals surface area contributed by atoms with Gasteiger partial charge in [-0.3, -0.25) is 4.79 Å². The van der Waals surface area contributed by atoms with E-state index in [2.05, 4.69) is 9.97 Å². The Bertz CT molecular complexity index is 445. The first-order chi connectivity index (χ1) is 8.59. The molecule has 1 aliphatic heterocycles. The van der Waals surface area contributed by atoms with E-state index in [1.807, 2.05) is 11.8 Å². The van der Waals surface area contributed by atoms with Crippen LogP contribution < -0.4 is 4.90 Å². The van der Waals surface area contributed by atoms with Crippen LogP contribution in [0.4, 0.5) is 5.82 Å². The van der Waals surface area contributed by atoms with Crippen molar-refractivity contribution in [2.24, 2.45) is 5.41 Å². The Morgan fingerprint density at radius 1 is 1.44 bits per heavy atom. The number of carboxylic acids is 1. The Labute approximate surface area is 111 Å². The van der Waals surface area contributed by atoms with Crippen LogP contribution in [0.15, 0.2) is 12.4 Å². The van der Waals surface area contributed by atoms with Gasteiger partial charge >= 0.3 is 5.97 Å². The van der Waals surface area contributed by atoms with E-state index in [9.17, 15) is 9.90 Å². The van der Waals surface area contributed by atoms with E-state index in [4.69, 9.17) is 11.6 Å². The smallest absolute Gasteiger partial charge is 0.309 e. The average molecular weight is 270 g/mol. The van der Waals surface area contributed by atoms with Gasteiger partial charge in [-0.05, 0) is 19.3 Å². The molecular weight excluding hydrogens is 254 g/mol. The first kappa shape index (κ1) is 13.1. The summed E-state index contributed by atoms with van der Waals surface area (Å²) in [6.07, 6.45) is 5.03. The third kappa shape index (κ3) is 2.27. The van der Waals surface area contributed by atoms with Crippen LogP contribution in [-0.2, 0) is 4.79 Å². The van der Waals surface area contributed by atoms with Gasteiger partial charge in [0.2, 0.25) is 0 Å². The number of rotatable bonds is 3. The molecule has 0 spiro atoms. The predicted molar refractivity (Wildman–Crippen MR) is 68.8 cm³/mol. The van der Waals surface area contributed by atoms with Crippen molar-refractivity contribution in [2.45, 2.75) is 26.2 Å². The number of carbonyl (C=O) groups is 1. The van der Waals surface area contributed by atoms with Crippen LogP contribution in [-0.4, -0.2) is 34.1 Å². The Morgan fingerprint density at radius 2 is 2.06 bits per heavy atom. The fourth-order valence-electron chi connectivity index (χ4n) is 2.39. The molecule has 1 fully saturated rings. The van der Waals surface area contributed by atoms with Gasteiger partial charge in [0.15, 0.2) is 11.0 Å². The van der Waals surface area contributed by atoms with Gasteiger partial charge in [0.1, 0.15) is 0 Å².